The number of piperazine rings is 1. The van der Waals surface area contributed by atoms with E-state index in [0.717, 1.165) is 25.4 Å². The van der Waals surface area contributed by atoms with Crippen molar-refractivity contribution in [3.8, 4) is 0 Å². The van der Waals surface area contributed by atoms with Crippen LogP contribution in [0.25, 0.3) is 0 Å². The monoisotopic (exact) mass is 227 g/mol. The van der Waals surface area contributed by atoms with Gasteiger partial charge in [-0.25, -0.2) is 0 Å². The summed E-state index contributed by atoms with van der Waals surface area (Å²) in [6.45, 7) is 6.15. The third kappa shape index (κ3) is 3.70. The fourth-order valence-corrected chi connectivity index (χ4v) is 2.41. The van der Waals surface area contributed by atoms with Crippen molar-refractivity contribution in [1.29, 1.82) is 0 Å². The van der Waals surface area contributed by atoms with Gasteiger partial charge in [-0.3, -0.25) is 4.90 Å². The molecule has 0 atom stereocenters. The van der Waals surface area contributed by atoms with Gasteiger partial charge in [0.1, 0.15) is 0 Å². The molecule has 86 valence electrons. The molecule has 1 saturated carbocycles. The van der Waals surface area contributed by atoms with Crippen molar-refractivity contribution in [3.05, 3.63) is 0 Å². The first-order valence-corrected chi connectivity index (χ1v) is 6.41. The predicted octanol–water partition coefficient (Wildman–Crippen LogP) is 0.833. The fraction of sp³-hybridized carbons (Fsp3) is 0.909. The second kappa shape index (κ2) is 5.23. The lowest BCUT2D eigenvalue weighted by Crippen LogP contribution is -2.47. The highest BCUT2D eigenvalue weighted by Gasteiger charge is 2.30. The van der Waals surface area contributed by atoms with Gasteiger partial charge in [-0.1, -0.05) is 12.2 Å². The van der Waals surface area contributed by atoms with Crippen LogP contribution < -0.4 is 5.73 Å². The molecule has 1 aliphatic carbocycles. The van der Waals surface area contributed by atoms with E-state index in [1.807, 2.05) is 0 Å². The topological polar surface area (TPSA) is 32.5 Å². The van der Waals surface area contributed by atoms with Crippen LogP contribution in [-0.2, 0) is 0 Å². The van der Waals surface area contributed by atoms with Crippen LogP contribution in [0.2, 0.25) is 0 Å². The van der Waals surface area contributed by atoms with Gasteiger partial charge in [-0.05, 0) is 32.2 Å². The maximum absolute atomic E-state index is 5.48. The van der Waals surface area contributed by atoms with Gasteiger partial charge >= 0.3 is 0 Å². The molecule has 2 rings (SSSR count). The molecule has 0 unspecified atom stereocenters. The van der Waals surface area contributed by atoms with Crippen LogP contribution in [0.15, 0.2) is 0 Å². The number of nitrogens with zero attached hydrogens (tertiary/aromatic N) is 2. The van der Waals surface area contributed by atoms with Gasteiger partial charge in [0.2, 0.25) is 0 Å². The van der Waals surface area contributed by atoms with Crippen LogP contribution in [0.5, 0.6) is 0 Å². The van der Waals surface area contributed by atoms with Crippen LogP contribution in [-0.4, -0.2) is 53.6 Å². The third-order valence-electron chi connectivity index (χ3n) is 3.37. The zero-order valence-corrected chi connectivity index (χ0v) is 10.1. The Morgan fingerprint density at radius 2 is 1.87 bits per heavy atom. The number of rotatable bonds is 5. The van der Waals surface area contributed by atoms with Crippen LogP contribution in [0.4, 0.5) is 0 Å². The van der Waals surface area contributed by atoms with E-state index in [4.69, 9.17) is 18.0 Å². The van der Waals surface area contributed by atoms with Crippen LogP contribution in [0.1, 0.15) is 25.7 Å². The summed E-state index contributed by atoms with van der Waals surface area (Å²) < 4.78 is 0. The van der Waals surface area contributed by atoms with Crippen LogP contribution in [0, 0.1) is 0 Å². The van der Waals surface area contributed by atoms with E-state index in [1.54, 1.807) is 0 Å². The Hall–Kier alpha value is -0.190. The molecular weight excluding hydrogens is 206 g/mol. The summed E-state index contributed by atoms with van der Waals surface area (Å²) in [6.07, 6.45) is 4.89. The van der Waals surface area contributed by atoms with Crippen molar-refractivity contribution in [3.63, 3.8) is 0 Å². The van der Waals surface area contributed by atoms with Gasteiger partial charge in [-0.15, -0.1) is 0 Å². The van der Waals surface area contributed by atoms with Crippen molar-refractivity contribution < 1.29 is 0 Å². The highest BCUT2D eigenvalue weighted by molar-refractivity contribution is 7.80. The Bertz CT molecular complexity index is 220. The van der Waals surface area contributed by atoms with E-state index in [0.29, 0.717) is 4.99 Å². The Morgan fingerprint density at radius 3 is 2.40 bits per heavy atom. The zero-order chi connectivity index (χ0) is 10.7. The summed E-state index contributed by atoms with van der Waals surface area (Å²) in [5.41, 5.74) is 5.48. The van der Waals surface area contributed by atoms with Crippen molar-refractivity contribution in [1.82, 2.24) is 9.80 Å². The van der Waals surface area contributed by atoms with Gasteiger partial charge in [-0.2, -0.15) is 0 Å². The molecule has 0 radical (unpaired) electrons. The summed E-state index contributed by atoms with van der Waals surface area (Å²) in [6, 6.07) is 0.934. The minimum Gasteiger partial charge on any atom is -0.393 e. The molecule has 0 bridgehead atoms. The molecule has 3 nitrogen and oxygen atoms in total. The second-order valence-electron chi connectivity index (χ2n) is 4.68. The van der Waals surface area contributed by atoms with E-state index >= 15 is 0 Å². The summed E-state index contributed by atoms with van der Waals surface area (Å²) in [5, 5.41) is 0. The highest BCUT2D eigenvalue weighted by atomic mass is 32.1. The molecular formula is C11H21N3S. The first-order chi connectivity index (χ1) is 7.25. The SMILES string of the molecule is NC(=S)CCCN1CCN(C2CC2)CC1. The van der Waals surface area contributed by atoms with Crippen molar-refractivity contribution >= 4 is 17.2 Å². The Kier molecular flexibility index (Phi) is 3.94. The summed E-state index contributed by atoms with van der Waals surface area (Å²) >= 11 is 4.87. The van der Waals surface area contributed by atoms with Gasteiger partial charge in [0.25, 0.3) is 0 Å². The molecule has 0 amide bonds. The van der Waals surface area contributed by atoms with E-state index in [9.17, 15) is 0 Å². The lowest BCUT2D eigenvalue weighted by Gasteiger charge is -2.34. The fourth-order valence-electron chi connectivity index (χ4n) is 2.27. The maximum Gasteiger partial charge on any atom is 0.0727 e. The van der Waals surface area contributed by atoms with E-state index in [2.05, 4.69) is 9.80 Å². The lowest BCUT2D eigenvalue weighted by molar-refractivity contribution is 0.126. The molecule has 15 heavy (non-hydrogen) atoms. The van der Waals surface area contributed by atoms with Gasteiger partial charge in [0.05, 0.1) is 4.99 Å². The van der Waals surface area contributed by atoms with Crippen molar-refractivity contribution in [2.75, 3.05) is 32.7 Å². The molecule has 2 N–H and O–H groups in total. The molecule has 0 aromatic heterocycles. The minimum atomic E-state index is 0.659. The standard InChI is InChI=1S/C11H21N3S/c12-11(15)2-1-5-13-6-8-14(9-7-13)10-3-4-10/h10H,1-9H2,(H2,12,15). The first-order valence-electron chi connectivity index (χ1n) is 6.00. The zero-order valence-electron chi connectivity index (χ0n) is 9.32. The van der Waals surface area contributed by atoms with Gasteiger partial charge < -0.3 is 10.6 Å². The van der Waals surface area contributed by atoms with Gasteiger partial charge in [0, 0.05) is 32.2 Å². The van der Waals surface area contributed by atoms with Crippen LogP contribution in [0.3, 0.4) is 0 Å². The molecule has 2 fully saturated rings. The lowest BCUT2D eigenvalue weighted by atomic mass is 10.2. The maximum atomic E-state index is 5.48. The van der Waals surface area contributed by atoms with Crippen molar-refractivity contribution in [2.45, 2.75) is 31.7 Å². The summed E-state index contributed by atoms with van der Waals surface area (Å²) in [5.74, 6) is 0. The minimum absolute atomic E-state index is 0.659. The van der Waals surface area contributed by atoms with Gasteiger partial charge in [0.15, 0.2) is 0 Å². The predicted molar refractivity (Wildman–Crippen MR) is 67.1 cm³/mol. The largest absolute Gasteiger partial charge is 0.393 e. The Balaban J connectivity index is 1.58. The van der Waals surface area contributed by atoms with E-state index < -0.39 is 0 Å². The average molecular weight is 227 g/mol. The number of nitrogens with two attached hydrogens (primary N) is 1. The molecule has 2 aliphatic rings. The molecule has 1 aliphatic heterocycles. The Labute approximate surface area is 97.6 Å². The van der Waals surface area contributed by atoms with E-state index in [1.165, 1.54) is 39.0 Å². The number of hydrogen-bond donors (Lipinski definition) is 1. The average Bonchev–Trinajstić information content (AvgIpc) is 3.02. The van der Waals surface area contributed by atoms with E-state index in [-0.39, 0.29) is 0 Å². The quantitative estimate of drug-likeness (QED) is 0.705. The first kappa shape index (κ1) is 11.3. The normalized spacial score (nSPS) is 24.3. The molecule has 0 aromatic carbocycles. The number of hydrogen-bond acceptors (Lipinski definition) is 3. The molecule has 0 aromatic rings. The second-order valence-corrected chi connectivity index (χ2v) is 5.20. The molecule has 1 heterocycles. The molecule has 0 spiro atoms. The van der Waals surface area contributed by atoms with Crippen molar-refractivity contribution in [2.24, 2.45) is 5.73 Å². The smallest absolute Gasteiger partial charge is 0.0727 e. The number of thiocarbonyl (C=S) groups is 1. The summed E-state index contributed by atoms with van der Waals surface area (Å²) in [7, 11) is 0. The molecule has 4 heteroatoms. The Morgan fingerprint density at radius 1 is 1.20 bits per heavy atom. The summed E-state index contributed by atoms with van der Waals surface area (Å²) in [4.78, 5) is 5.84. The third-order valence-corrected chi connectivity index (χ3v) is 3.57. The van der Waals surface area contributed by atoms with Crippen LogP contribution >= 0.6 is 12.2 Å². The molecule has 1 saturated heterocycles. The highest BCUT2D eigenvalue weighted by Crippen LogP contribution is 2.27.